The molecule has 1 amide bonds. The van der Waals surface area contributed by atoms with Crippen molar-refractivity contribution in [3.8, 4) is 17.6 Å². The number of piperazine rings is 1. The summed E-state index contributed by atoms with van der Waals surface area (Å²) in [5, 5.41) is 8.26. The van der Waals surface area contributed by atoms with Crippen molar-refractivity contribution in [1.82, 2.24) is 30.0 Å². The SMILES string of the molecule is C=CC(=O)N1CCN(c2nc(OC[C@@H]3CCCN3C)nc3c2OCC(c2c(C)ccc4[nH]ncc24)O3)[C@@H](C)C1. The number of fused-ring (bicyclic) bond motifs is 2. The van der Waals surface area contributed by atoms with E-state index in [9.17, 15) is 4.79 Å². The van der Waals surface area contributed by atoms with Crippen LogP contribution >= 0.6 is 0 Å². The lowest BCUT2D eigenvalue weighted by Crippen LogP contribution is -2.53. The van der Waals surface area contributed by atoms with Gasteiger partial charge in [0, 0.05) is 42.7 Å². The van der Waals surface area contributed by atoms with E-state index >= 15 is 0 Å². The summed E-state index contributed by atoms with van der Waals surface area (Å²) in [6, 6.07) is 4.66. The molecule has 0 aliphatic carbocycles. The normalized spacial score (nSPS) is 23.3. The number of anilines is 1. The van der Waals surface area contributed by atoms with Gasteiger partial charge in [0.05, 0.1) is 11.7 Å². The van der Waals surface area contributed by atoms with Gasteiger partial charge in [-0.15, -0.1) is 0 Å². The number of aryl methyl sites for hydroxylation is 1. The molecule has 1 unspecified atom stereocenters. The summed E-state index contributed by atoms with van der Waals surface area (Å²) in [6.07, 6.45) is 5.06. The second-order valence-corrected chi connectivity index (χ2v) is 10.6. The molecule has 0 bridgehead atoms. The monoisotopic (exact) mass is 533 g/mol. The Morgan fingerprint density at radius 3 is 2.92 bits per heavy atom. The Morgan fingerprint density at radius 2 is 2.15 bits per heavy atom. The zero-order chi connectivity index (χ0) is 27.1. The Balaban J connectivity index is 1.33. The van der Waals surface area contributed by atoms with E-state index in [0.29, 0.717) is 56.3 Å². The third-order valence-corrected chi connectivity index (χ3v) is 8.10. The number of hydrogen-bond donors (Lipinski definition) is 1. The quantitative estimate of drug-likeness (QED) is 0.479. The molecule has 1 N–H and O–H groups in total. The molecular formula is C28H35N7O4. The molecule has 0 saturated carbocycles. The lowest BCUT2D eigenvalue weighted by atomic mass is 9.99. The minimum atomic E-state index is -0.366. The van der Waals surface area contributed by atoms with E-state index in [1.807, 2.05) is 12.3 Å². The molecule has 5 heterocycles. The smallest absolute Gasteiger partial charge is 0.322 e. The number of nitrogens with zero attached hydrogens (tertiary/aromatic N) is 6. The lowest BCUT2D eigenvalue weighted by Gasteiger charge is -2.41. The summed E-state index contributed by atoms with van der Waals surface area (Å²) >= 11 is 0. The molecule has 11 nitrogen and oxygen atoms in total. The number of benzene rings is 1. The number of rotatable bonds is 6. The van der Waals surface area contributed by atoms with Crippen molar-refractivity contribution in [3.63, 3.8) is 0 Å². The molecule has 2 aromatic heterocycles. The highest BCUT2D eigenvalue weighted by Gasteiger charge is 2.36. The van der Waals surface area contributed by atoms with Gasteiger partial charge in [-0.1, -0.05) is 12.6 Å². The van der Waals surface area contributed by atoms with E-state index in [1.54, 1.807) is 4.90 Å². The van der Waals surface area contributed by atoms with Gasteiger partial charge in [0.2, 0.25) is 11.7 Å². The number of likely N-dealkylation sites (tertiary alicyclic amines) is 1. The van der Waals surface area contributed by atoms with Crippen LogP contribution in [0.3, 0.4) is 0 Å². The maximum absolute atomic E-state index is 12.2. The van der Waals surface area contributed by atoms with Crippen LogP contribution in [0.4, 0.5) is 5.82 Å². The van der Waals surface area contributed by atoms with Crippen molar-refractivity contribution in [2.24, 2.45) is 0 Å². The Labute approximate surface area is 227 Å². The zero-order valence-corrected chi connectivity index (χ0v) is 22.7. The van der Waals surface area contributed by atoms with Gasteiger partial charge in [-0.2, -0.15) is 15.1 Å². The molecule has 39 heavy (non-hydrogen) atoms. The topological polar surface area (TPSA) is 109 Å². The van der Waals surface area contributed by atoms with Gasteiger partial charge in [-0.05, 0) is 58.0 Å². The molecule has 0 spiro atoms. The van der Waals surface area contributed by atoms with E-state index in [0.717, 1.165) is 41.4 Å². The number of nitrogens with one attached hydrogen (secondary N) is 1. The summed E-state index contributed by atoms with van der Waals surface area (Å²) in [5.74, 6) is 1.43. The van der Waals surface area contributed by atoms with E-state index in [-0.39, 0.29) is 24.1 Å². The van der Waals surface area contributed by atoms with Crippen LogP contribution in [0, 0.1) is 6.92 Å². The minimum absolute atomic E-state index is 0.00119. The highest BCUT2D eigenvalue weighted by molar-refractivity contribution is 5.87. The number of carbonyl (C=O) groups is 1. The van der Waals surface area contributed by atoms with Crippen LogP contribution in [-0.4, -0.2) is 94.4 Å². The van der Waals surface area contributed by atoms with Crippen molar-refractivity contribution in [3.05, 3.63) is 42.1 Å². The van der Waals surface area contributed by atoms with Crippen molar-refractivity contribution >= 4 is 22.6 Å². The fourth-order valence-corrected chi connectivity index (χ4v) is 5.87. The summed E-state index contributed by atoms with van der Waals surface area (Å²) in [6.45, 7) is 11.3. The molecule has 11 heteroatoms. The number of aromatic nitrogens is 4. The first-order valence-corrected chi connectivity index (χ1v) is 13.6. The molecular weight excluding hydrogens is 498 g/mol. The van der Waals surface area contributed by atoms with Gasteiger partial charge in [0.15, 0.2) is 11.9 Å². The van der Waals surface area contributed by atoms with Gasteiger partial charge in [-0.3, -0.25) is 9.89 Å². The summed E-state index contributed by atoms with van der Waals surface area (Å²) in [7, 11) is 2.12. The van der Waals surface area contributed by atoms with E-state index < -0.39 is 0 Å². The average Bonchev–Trinajstić information content (AvgIpc) is 3.59. The fourth-order valence-electron chi connectivity index (χ4n) is 5.87. The van der Waals surface area contributed by atoms with Gasteiger partial charge >= 0.3 is 6.01 Å². The minimum Gasteiger partial charge on any atom is -0.481 e. The molecule has 2 fully saturated rings. The highest BCUT2D eigenvalue weighted by atomic mass is 16.6. The Kier molecular flexibility index (Phi) is 6.76. The van der Waals surface area contributed by atoms with Crippen molar-refractivity contribution < 1.29 is 19.0 Å². The molecule has 6 rings (SSSR count). The maximum Gasteiger partial charge on any atom is 0.322 e. The standard InChI is InChI=1S/C28H35N7O4/c1-5-23(36)34-11-12-35(18(3)14-34)26-25-27(31-28(30-26)38-15-19-7-6-10-33(19)4)39-22(16-37-25)24-17(2)8-9-21-20(24)13-29-32-21/h5,8-9,13,18-19,22H,1,6-7,10-12,14-16H2,2-4H3,(H,29,32)/t18-,19-,22?/m0/s1. The molecule has 3 aliphatic rings. The predicted molar refractivity (Wildman–Crippen MR) is 146 cm³/mol. The first-order chi connectivity index (χ1) is 18.9. The van der Waals surface area contributed by atoms with Crippen molar-refractivity contribution in [1.29, 1.82) is 0 Å². The van der Waals surface area contributed by atoms with Gasteiger partial charge < -0.3 is 28.9 Å². The number of ether oxygens (including phenoxy) is 3. The maximum atomic E-state index is 12.2. The van der Waals surface area contributed by atoms with Crippen LogP contribution in [-0.2, 0) is 4.79 Å². The molecule has 3 atom stereocenters. The molecule has 1 aromatic carbocycles. The van der Waals surface area contributed by atoms with E-state index in [2.05, 4.69) is 58.5 Å². The third-order valence-electron chi connectivity index (χ3n) is 8.10. The predicted octanol–water partition coefficient (Wildman–Crippen LogP) is 2.87. The van der Waals surface area contributed by atoms with Crippen LogP contribution < -0.4 is 19.1 Å². The molecule has 206 valence electrons. The van der Waals surface area contributed by atoms with Crippen molar-refractivity contribution in [2.45, 2.75) is 44.9 Å². The van der Waals surface area contributed by atoms with Crippen LogP contribution in [0.1, 0.15) is 37.0 Å². The largest absolute Gasteiger partial charge is 0.481 e. The van der Waals surface area contributed by atoms with Gasteiger partial charge in [0.1, 0.15) is 13.2 Å². The Hall–Kier alpha value is -3.86. The highest BCUT2D eigenvalue weighted by Crippen LogP contribution is 2.44. The number of aromatic amines is 1. The number of hydrogen-bond acceptors (Lipinski definition) is 9. The summed E-state index contributed by atoms with van der Waals surface area (Å²) < 4.78 is 19.1. The molecule has 3 aliphatic heterocycles. The van der Waals surface area contributed by atoms with E-state index in [1.165, 1.54) is 6.08 Å². The average molecular weight is 534 g/mol. The van der Waals surface area contributed by atoms with E-state index in [4.69, 9.17) is 19.2 Å². The van der Waals surface area contributed by atoms with Crippen LogP contribution in [0.2, 0.25) is 0 Å². The first-order valence-electron chi connectivity index (χ1n) is 13.6. The zero-order valence-electron chi connectivity index (χ0n) is 22.7. The Morgan fingerprint density at radius 1 is 1.28 bits per heavy atom. The van der Waals surface area contributed by atoms with Crippen molar-refractivity contribution in [2.75, 3.05) is 51.3 Å². The summed E-state index contributed by atoms with van der Waals surface area (Å²) in [5.41, 5.74) is 3.05. The first kappa shape index (κ1) is 25.4. The summed E-state index contributed by atoms with van der Waals surface area (Å²) in [4.78, 5) is 28.0. The second-order valence-electron chi connectivity index (χ2n) is 10.6. The lowest BCUT2D eigenvalue weighted by molar-refractivity contribution is -0.126. The number of H-pyrrole nitrogens is 1. The number of carbonyl (C=O) groups excluding carboxylic acids is 1. The Bertz CT molecular complexity index is 1390. The second kappa shape index (κ2) is 10.4. The number of amides is 1. The van der Waals surface area contributed by atoms with Gasteiger partial charge in [-0.25, -0.2) is 0 Å². The molecule has 2 saturated heterocycles. The molecule has 3 aromatic rings. The number of likely N-dealkylation sites (N-methyl/N-ethyl adjacent to an activating group) is 1. The molecule has 0 radical (unpaired) electrons. The van der Waals surface area contributed by atoms with Crippen LogP contribution in [0.15, 0.2) is 31.0 Å². The third kappa shape index (κ3) is 4.75. The van der Waals surface area contributed by atoms with Gasteiger partial charge in [0.25, 0.3) is 5.88 Å². The fraction of sp³-hybridized carbons (Fsp3) is 0.500. The van der Waals surface area contributed by atoms with Crippen LogP contribution in [0.5, 0.6) is 17.6 Å². The van der Waals surface area contributed by atoms with Crippen LogP contribution in [0.25, 0.3) is 10.9 Å².